The molecule has 0 radical (unpaired) electrons. The minimum Gasteiger partial charge on any atom is -0.489 e. The topological polar surface area (TPSA) is 59.1 Å². The standard InChI is InChI=1S/C16H17ClN2O/c1-2-12-9-14(6-7-15(12)17)20-10-11-4-3-5-13(8-11)16(18)19/h3-9H,2,10H2,1H3,(H3,18,19). The van der Waals surface area contributed by atoms with Crippen LogP contribution in [0.1, 0.15) is 23.6 Å². The first-order chi connectivity index (χ1) is 9.60. The number of nitrogens with one attached hydrogen (secondary N) is 1. The van der Waals surface area contributed by atoms with Gasteiger partial charge >= 0.3 is 0 Å². The maximum atomic E-state index is 7.43. The minimum atomic E-state index is 0.0617. The molecule has 0 bridgehead atoms. The Morgan fingerprint density at radius 2 is 2.05 bits per heavy atom. The quantitative estimate of drug-likeness (QED) is 0.650. The summed E-state index contributed by atoms with van der Waals surface area (Å²) < 4.78 is 5.75. The van der Waals surface area contributed by atoms with E-state index in [1.807, 2.05) is 42.5 Å². The van der Waals surface area contributed by atoms with Gasteiger partial charge in [0, 0.05) is 10.6 Å². The zero-order valence-electron chi connectivity index (χ0n) is 11.3. The highest BCUT2D eigenvalue weighted by Gasteiger charge is 2.03. The van der Waals surface area contributed by atoms with E-state index < -0.39 is 0 Å². The molecule has 0 aliphatic carbocycles. The first-order valence-corrected chi connectivity index (χ1v) is 6.82. The Balaban J connectivity index is 2.08. The molecule has 0 amide bonds. The lowest BCUT2D eigenvalue weighted by Gasteiger charge is -2.09. The average molecular weight is 289 g/mol. The molecule has 4 heteroatoms. The summed E-state index contributed by atoms with van der Waals surface area (Å²) in [7, 11) is 0. The predicted octanol–water partition coefficient (Wildman–Crippen LogP) is 3.77. The van der Waals surface area contributed by atoms with E-state index in [9.17, 15) is 0 Å². The summed E-state index contributed by atoms with van der Waals surface area (Å²) in [5.74, 6) is 0.853. The molecule has 0 aliphatic rings. The molecule has 0 atom stereocenters. The third kappa shape index (κ3) is 3.52. The predicted molar refractivity (Wildman–Crippen MR) is 82.6 cm³/mol. The molecule has 0 aromatic heterocycles. The fourth-order valence-electron chi connectivity index (χ4n) is 1.91. The molecule has 0 fully saturated rings. The molecule has 0 unspecified atom stereocenters. The second kappa shape index (κ2) is 6.44. The largest absolute Gasteiger partial charge is 0.489 e. The average Bonchev–Trinajstić information content (AvgIpc) is 2.46. The summed E-state index contributed by atoms with van der Waals surface area (Å²) in [4.78, 5) is 0. The van der Waals surface area contributed by atoms with Gasteiger partial charge in [-0.05, 0) is 41.8 Å². The van der Waals surface area contributed by atoms with Crippen molar-refractivity contribution in [3.63, 3.8) is 0 Å². The fraction of sp³-hybridized carbons (Fsp3) is 0.188. The van der Waals surface area contributed by atoms with Gasteiger partial charge in [0.15, 0.2) is 0 Å². The molecule has 0 aliphatic heterocycles. The number of rotatable bonds is 5. The third-order valence-electron chi connectivity index (χ3n) is 3.04. The molecule has 2 rings (SSSR count). The smallest absolute Gasteiger partial charge is 0.122 e. The van der Waals surface area contributed by atoms with E-state index in [1.54, 1.807) is 0 Å². The van der Waals surface area contributed by atoms with Crippen LogP contribution in [-0.4, -0.2) is 5.84 Å². The maximum Gasteiger partial charge on any atom is 0.122 e. The normalized spacial score (nSPS) is 10.3. The highest BCUT2D eigenvalue weighted by molar-refractivity contribution is 6.31. The number of benzene rings is 2. The molecular formula is C16H17ClN2O. The molecule has 2 aromatic carbocycles. The van der Waals surface area contributed by atoms with E-state index in [4.69, 9.17) is 27.5 Å². The monoisotopic (exact) mass is 288 g/mol. The zero-order valence-corrected chi connectivity index (χ0v) is 12.1. The van der Waals surface area contributed by atoms with Crippen LogP contribution in [0.4, 0.5) is 0 Å². The van der Waals surface area contributed by atoms with E-state index in [0.717, 1.165) is 28.3 Å². The molecule has 0 spiro atoms. The van der Waals surface area contributed by atoms with Crippen molar-refractivity contribution in [2.45, 2.75) is 20.0 Å². The minimum absolute atomic E-state index is 0.0617. The zero-order chi connectivity index (χ0) is 14.5. The third-order valence-corrected chi connectivity index (χ3v) is 3.41. The van der Waals surface area contributed by atoms with Crippen LogP contribution >= 0.6 is 11.6 Å². The number of hydrogen-bond donors (Lipinski definition) is 2. The van der Waals surface area contributed by atoms with Gasteiger partial charge in [-0.15, -0.1) is 0 Å². The molecule has 0 saturated carbocycles. The Labute approximate surface area is 123 Å². The maximum absolute atomic E-state index is 7.43. The van der Waals surface area contributed by atoms with Crippen LogP contribution in [-0.2, 0) is 13.0 Å². The van der Waals surface area contributed by atoms with Crippen LogP contribution < -0.4 is 10.5 Å². The molecule has 3 N–H and O–H groups in total. The molecule has 0 heterocycles. The Bertz CT molecular complexity index is 626. The van der Waals surface area contributed by atoms with Gasteiger partial charge in [-0.1, -0.05) is 36.7 Å². The van der Waals surface area contributed by atoms with Crippen LogP contribution in [0.5, 0.6) is 5.75 Å². The molecule has 3 nitrogen and oxygen atoms in total. The number of nitrogens with two attached hydrogens (primary N) is 1. The second-order valence-corrected chi connectivity index (χ2v) is 4.92. The Hall–Kier alpha value is -2.00. The first kappa shape index (κ1) is 14.4. The van der Waals surface area contributed by atoms with Gasteiger partial charge in [0.05, 0.1) is 0 Å². The van der Waals surface area contributed by atoms with Gasteiger partial charge in [-0.25, -0.2) is 0 Å². The van der Waals surface area contributed by atoms with Crippen molar-refractivity contribution >= 4 is 17.4 Å². The second-order valence-electron chi connectivity index (χ2n) is 4.51. The lowest BCUT2D eigenvalue weighted by molar-refractivity contribution is 0.306. The first-order valence-electron chi connectivity index (χ1n) is 6.44. The van der Waals surface area contributed by atoms with E-state index in [0.29, 0.717) is 12.2 Å². The van der Waals surface area contributed by atoms with Gasteiger partial charge < -0.3 is 10.5 Å². The number of amidine groups is 1. The number of halogens is 1. The number of ether oxygens (including phenoxy) is 1. The van der Waals surface area contributed by atoms with E-state index in [1.165, 1.54) is 0 Å². The highest BCUT2D eigenvalue weighted by Crippen LogP contribution is 2.23. The fourth-order valence-corrected chi connectivity index (χ4v) is 2.16. The Kier molecular flexibility index (Phi) is 4.64. The Morgan fingerprint density at radius 1 is 1.25 bits per heavy atom. The number of aryl methyl sites for hydroxylation is 1. The van der Waals surface area contributed by atoms with Crippen molar-refractivity contribution in [2.75, 3.05) is 0 Å². The van der Waals surface area contributed by atoms with E-state index >= 15 is 0 Å². The summed E-state index contributed by atoms with van der Waals surface area (Å²) in [6.45, 7) is 2.49. The Morgan fingerprint density at radius 3 is 2.75 bits per heavy atom. The van der Waals surface area contributed by atoms with Crippen molar-refractivity contribution in [1.29, 1.82) is 5.41 Å². The van der Waals surface area contributed by atoms with Gasteiger partial charge in [-0.3, -0.25) is 5.41 Å². The SMILES string of the molecule is CCc1cc(OCc2cccc(C(=N)N)c2)ccc1Cl. The van der Waals surface area contributed by atoms with Gasteiger partial charge in [0.2, 0.25) is 0 Å². The van der Waals surface area contributed by atoms with E-state index in [-0.39, 0.29) is 5.84 Å². The molecule has 2 aromatic rings. The van der Waals surface area contributed by atoms with Gasteiger partial charge in [0.1, 0.15) is 18.2 Å². The lowest BCUT2D eigenvalue weighted by Crippen LogP contribution is -2.11. The molecule has 20 heavy (non-hydrogen) atoms. The van der Waals surface area contributed by atoms with E-state index in [2.05, 4.69) is 6.92 Å². The summed E-state index contributed by atoms with van der Waals surface area (Å²) >= 11 is 6.08. The van der Waals surface area contributed by atoms with Crippen molar-refractivity contribution in [3.8, 4) is 5.75 Å². The molecule has 0 saturated heterocycles. The van der Waals surface area contributed by atoms with Crippen LogP contribution in [0.15, 0.2) is 42.5 Å². The van der Waals surface area contributed by atoms with Crippen molar-refractivity contribution in [1.82, 2.24) is 0 Å². The van der Waals surface area contributed by atoms with Crippen molar-refractivity contribution < 1.29 is 4.74 Å². The molecular weight excluding hydrogens is 272 g/mol. The van der Waals surface area contributed by atoms with Gasteiger partial charge in [-0.2, -0.15) is 0 Å². The summed E-state index contributed by atoms with van der Waals surface area (Å²) in [5.41, 5.74) is 8.23. The summed E-state index contributed by atoms with van der Waals surface area (Å²) in [6, 6.07) is 13.1. The summed E-state index contributed by atoms with van der Waals surface area (Å²) in [6.07, 6.45) is 0.871. The lowest BCUT2D eigenvalue weighted by atomic mass is 10.1. The summed E-state index contributed by atoms with van der Waals surface area (Å²) in [5, 5.41) is 8.19. The van der Waals surface area contributed by atoms with Crippen LogP contribution in [0.25, 0.3) is 0 Å². The number of nitrogen functional groups attached to an aromatic ring is 1. The van der Waals surface area contributed by atoms with Gasteiger partial charge in [0.25, 0.3) is 0 Å². The van der Waals surface area contributed by atoms with Crippen LogP contribution in [0, 0.1) is 5.41 Å². The highest BCUT2D eigenvalue weighted by atomic mass is 35.5. The van der Waals surface area contributed by atoms with Crippen LogP contribution in [0.3, 0.4) is 0 Å². The van der Waals surface area contributed by atoms with Crippen molar-refractivity contribution in [3.05, 3.63) is 64.2 Å². The molecule has 104 valence electrons. The van der Waals surface area contributed by atoms with Crippen LogP contribution in [0.2, 0.25) is 5.02 Å². The number of hydrogen-bond acceptors (Lipinski definition) is 2. The van der Waals surface area contributed by atoms with Crippen molar-refractivity contribution in [2.24, 2.45) is 5.73 Å².